The van der Waals surface area contributed by atoms with E-state index in [0.29, 0.717) is 15.6 Å². The van der Waals surface area contributed by atoms with Gasteiger partial charge < -0.3 is 15.4 Å². The van der Waals surface area contributed by atoms with Crippen LogP contribution in [0.4, 0.5) is 5.00 Å². The van der Waals surface area contributed by atoms with Crippen molar-refractivity contribution in [1.29, 1.82) is 0 Å². The molecule has 1 amide bonds. The number of benzene rings is 1. The lowest BCUT2D eigenvalue weighted by Crippen LogP contribution is -2.30. The molecule has 0 bridgehead atoms. The summed E-state index contributed by atoms with van der Waals surface area (Å²) in [6, 6.07) is 7.46. The van der Waals surface area contributed by atoms with Crippen molar-refractivity contribution in [3.05, 3.63) is 50.9 Å². The van der Waals surface area contributed by atoms with Crippen LogP contribution in [0, 0.1) is 13.8 Å². The third kappa shape index (κ3) is 4.81. The molecule has 2 aromatic rings. The first kappa shape index (κ1) is 19.4. The van der Waals surface area contributed by atoms with E-state index < -0.39 is 5.97 Å². The smallest absolute Gasteiger partial charge is 0.341 e. The molecular formula is C18H21ClN2O3S. The Morgan fingerprint density at radius 2 is 1.88 bits per heavy atom. The van der Waals surface area contributed by atoms with Crippen molar-refractivity contribution >= 4 is 39.8 Å². The van der Waals surface area contributed by atoms with Crippen LogP contribution in [0.3, 0.4) is 0 Å². The lowest BCUT2D eigenvalue weighted by molar-refractivity contribution is -0.115. The van der Waals surface area contributed by atoms with Crippen LogP contribution in [0.15, 0.2) is 24.3 Å². The van der Waals surface area contributed by atoms with Crippen LogP contribution in [0.25, 0.3) is 0 Å². The quantitative estimate of drug-likeness (QED) is 0.740. The zero-order chi connectivity index (χ0) is 18.6. The highest BCUT2D eigenvalue weighted by Crippen LogP contribution is 2.32. The molecule has 0 aliphatic carbocycles. The number of aryl methyl sites for hydroxylation is 1. The van der Waals surface area contributed by atoms with Crippen molar-refractivity contribution in [3.8, 4) is 0 Å². The number of thiophene rings is 1. The molecule has 0 radical (unpaired) electrons. The van der Waals surface area contributed by atoms with Gasteiger partial charge in [0, 0.05) is 15.9 Å². The van der Waals surface area contributed by atoms with Crippen LogP contribution in [0.1, 0.15) is 39.3 Å². The zero-order valence-corrected chi connectivity index (χ0v) is 16.2. The van der Waals surface area contributed by atoms with Crippen molar-refractivity contribution in [1.82, 2.24) is 5.32 Å². The average Bonchev–Trinajstić information content (AvgIpc) is 2.86. The van der Waals surface area contributed by atoms with Gasteiger partial charge in [0.25, 0.3) is 0 Å². The minimum absolute atomic E-state index is 0.00472. The first-order valence-corrected chi connectivity index (χ1v) is 9.00. The zero-order valence-electron chi connectivity index (χ0n) is 14.6. The fraction of sp³-hybridized carbons (Fsp3) is 0.333. The molecule has 0 spiro atoms. The van der Waals surface area contributed by atoms with Crippen molar-refractivity contribution in [2.24, 2.45) is 0 Å². The number of nitrogens with one attached hydrogen (secondary N) is 2. The van der Waals surface area contributed by atoms with Crippen molar-refractivity contribution in [2.75, 3.05) is 19.0 Å². The second kappa shape index (κ2) is 8.47. The summed E-state index contributed by atoms with van der Waals surface area (Å²) < 4.78 is 4.81. The van der Waals surface area contributed by atoms with Crippen LogP contribution in [-0.4, -0.2) is 25.5 Å². The fourth-order valence-electron chi connectivity index (χ4n) is 2.35. The van der Waals surface area contributed by atoms with E-state index in [2.05, 4.69) is 10.6 Å². The first-order valence-electron chi connectivity index (χ1n) is 7.80. The van der Waals surface area contributed by atoms with Gasteiger partial charge in [-0.05, 0) is 44.0 Å². The molecule has 1 unspecified atom stereocenters. The van der Waals surface area contributed by atoms with E-state index in [1.165, 1.54) is 18.4 Å². The van der Waals surface area contributed by atoms with Gasteiger partial charge in [-0.2, -0.15) is 0 Å². The van der Waals surface area contributed by atoms with E-state index in [1.54, 1.807) is 0 Å². The number of hydrogen-bond donors (Lipinski definition) is 2. The van der Waals surface area contributed by atoms with Gasteiger partial charge in [-0.25, -0.2) is 4.79 Å². The molecular weight excluding hydrogens is 360 g/mol. The number of ether oxygens (including phenoxy) is 1. The number of carbonyl (C=O) groups is 2. The number of halogens is 1. The number of carbonyl (C=O) groups excluding carboxylic acids is 2. The van der Waals surface area contributed by atoms with Crippen molar-refractivity contribution in [2.45, 2.75) is 26.8 Å². The number of methoxy groups -OCH3 is 1. The standard InChI is InChI=1S/C18H21ClN2O3S/c1-10-12(3)25-17(16(10)18(23)24-4)21-15(22)9-20-11(2)13-5-7-14(19)8-6-13/h5-8,11,20H,9H2,1-4H3,(H,21,22). The van der Waals surface area contributed by atoms with Crippen LogP contribution >= 0.6 is 22.9 Å². The molecule has 0 saturated carbocycles. The number of amides is 1. The maximum Gasteiger partial charge on any atom is 0.341 e. The molecule has 1 atom stereocenters. The molecule has 0 aliphatic heterocycles. The summed E-state index contributed by atoms with van der Waals surface area (Å²) in [7, 11) is 1.33. The lowest BCUT2D eigenvalue weighted by Gasteiger charge is -2.14. The topological polar surface area (TPSA) is 67.4 Å². The second-order valence-corrected chi connectivity index (χ2v) is 7.34. The van der Waals surface area contributed by atoms with Gasteiger partial charge in [-0.1, -0.05) is 23.7 Å². The highest BCUT2D eigenvalue weighted by Gasteiger charge is 2.21. The van der Waals surface area contributed by atoms with E-state index in [4.69, 9.17) is 16.3 Å². The lowest BCUT2D eigenvalue weighted by atomic mass is 10.1. The predicted octanol–water partition coefficient (Wildman–Crippen LogP) is 4.09. The molecule has 25 heavy (non-hydrogen) atoms. The van der Waals surface area contributed by atoms with Gasteiger partial charge in [-0.15, -0.1) is 11.3 Å². The Kier molecular flexibility index (Phi) is 6.58. The Morgan fingerprint density at radius 1 is 1.24 bits per heavy atom. The van der Waals surface area contributed by atoms with E-state index in [1.807, 2.05) is 45.0 Å². The van der Waals surface area contributed by atoms with E-state index in [-0.39, 0.29) is 18.5 Å². The summed E-state index contributed by atoms with van der Waals surface area (Å²) >= 11 is 7.25. The molecule has 1 heterocycles. The molecule has 0 saturated heterocycles. The van der Waals surface area contributed by atoms with Crippen molar-refractivity contribution < 1.29 is 14.3 Å². The Morgan fingerprint density at radius 3 is 2.48 bits per heavy atom. The van der Waals surface area contributed by atoms with E-state index >= 15 is 0 Å². The van der Waals surface area contributed by atoms with Gasteiger partial charge in [0.15, 0.2) is 0 Å². The number of rotatable bonds is 6. The molecule has 1 aromatic heterocycles. The third-order valence-corrected chi connectivity index (χ3v) is 5.34. The van der Waals surface area contributed by atoms with Crippen LogP contribution in [0.2, 0.25) is 5.02 Å². The van der Waals surface area contributed by atoms with Crippen LogP contribution in [-0.2, 0) is 9.53 Å². The van der Waals surface area contributed by atoms with Crippen molar-refractivity contribution in [3.63, 3.8) is 0 Å². The summed E-state index contributed by atoms with van der Waals surface area (Å²) in [6.07, 6.45) is 0. The molecule has 0 fully saturated rings. The predicted molar refractivity (Wildman–Crippen MR) is 102 cm³/mol. The Balaban J connectivity index is 2.00. The first-order chi connectivity index (χ1) is 11.8. The number of anilines is 1. The minimum atomic E-state index is -0.445. The monoisotopic (exact) mass is 380 g/mol. The molecule has 5 nitrogen and oxygen atoms in total. The summed E-state index contributed by atoms with van der Waals surface area (Å²) in [6.45, 7) is 5.84. The highest BCUT2D eigenvalue weighted by atomic mass is 35.5. The Bertz CT molecular complexity index is 771. The largest absolute Gasteiger partial charge is 0.465 e. The van der Waals surface area contributed by atoms with E-state index in [0.717, 1.165) is 16.0 Å². The average molecular weight is 381 g/mol. The van der Waals surface area contributed by atoms with E-state index in [9.17, 15) is 9.59 Å². The van der Waals surface area contributed by atoms with Crippen LogP contribution in [0.5, 0.6) is 0 Å². The normalized spacial score (nSPS) is 11.9. The summed E-state index contributed by atoms with van der Waals surface area (Å²) in [5.41, 5.74) is 2.29. The molecule has 1 aromatic carbocycles. The fourth-order valence-corrected chi connectivity index (χ4v) is 3.54. The van der Waals surface area contributed by atoms with Crippen LogP contribution < -0.4 is 10.6 Å². The maximum atomic E-state index is 12.2. The third-order valence-electron chi connectivity index (χ3n) is 3.97. The van der Waals surface area contributed by atoms with Gasteiger partial charge in [0.2, 0.25) is 5.91 Å². The second-order valence-electron chi connectivity index (χ2n) is 5.68. The molecule has 134 valence electrons. The van der Waals surface area contributed by atoms with Gasteiger partial charge in [0.05, 0.1) is 19.2 Å². The summed E-state index contributed by atoms with van der Waals surface area (Å²) in [4.78, 5) is 25.2. The van der Waals surface area contributed by atoms with Gasteiger partial charge >= 0.3 is 5.97 Å². The van der Waals surface area contributed by atoms with Gasteiger partial charge in [-0.3, -0.25) is 4.79 Å². The minimum Gasteiger partial charge on any atom is -0.465 e. The number of esters is 1. The van der Waals surface area contributed by atoms with Gasteiger partial charge in [0.1, 0.15) is 5.00 Å². The molecule has 2 rings (SSSR count). The Labute approximate surface area is 156 Å². The number of hydrogen-bond acceptors (Lipinski definition) is 5. The molecule has 7 heteroatoms. The maximum absolute atomic E-state index is 12.2. The Hall–Kier alpha value is -1.89. The SMILES string of the molecule is COC(=O)c1c(NC(=O)CNC(C)c2ccc(Cl)cc2)sc(C)c1C. The summed E-state index contributed by atoms with van der Waals surface area (Å²) in [5.74, 6) is -0.660. The molecule has 0 aliphatic rings. The molecule has 2 N–H and O–H groups in total. The summed E-state index contributed by atoms with van der Waals surface area (Å²) in [5, 5.41) is 7.15. The highest BCUT2D eigenvalue weighted by molar-refractivity contribution is 7.16.